The fraction of sp³-hybridized carbons (Fsp3) is 0.462. The predicted octanol–water partition coefficient (Wildman–Crippen LogP) is 7.10. The topological polar surface area (TPSA) is 99.2 Å². The Labute approximate surface area is 301 Å². The molecule has 3 amide bonds. The Balaban J connectivity index is 0.00000541. The molecule has 0 aliphatic carbocycles. The Hall–Kier alpha value is -3.43. The highest BCUT2D eigenvalue weighted by Gasteiger charge is 2.39. The van der Waals surface area contributed by atoms with Crippen molar-refractivity contribution in [3.8, 4) is 0 Å². The zero-order valence-corrected chi connectivity index (χ0v) is 29.9. The zero-order chi connectivity index (χ0) is 34.0. The standard InChI is InChI=1S/C39H48ClN3O5.ClH/c1-48-36(45)18-17-35(44)41-37(46)43-25-19-30(20-26-43)29-38(31-9-4-2-5-10-31,32-11-6-3-7-12-32)21-8-24-42-27-22-39(47,23-28-42)33-13-15-34(40)16-14-33;/h2-7,9-16,30,47H,8,17-29H2,1H3,(H,41,44,46);1H. The minimum atomic E-state index is -0.818. The lowest BCUT2D eigenvalue weighted by Crippen LogP contribution is -2.47. The monoisotopic (exact) mass is 709 g/mol. The van der Waals surface area contributed by atoms with Crippen LogP contribution in [0.1, 0.15) is 74.5 Å². The summed E-state index contributed by atoms with van der Waals surface area (Å²) in [6.07, 6.45) is 5.91. The van der Waals surface area contributed by atoms with Crippen molar-refractivity contribution in [2.75, 3.05) is 39.8 Å². The van der Waals surface area contributed by atoms with Crippen molar-refractivity contribution in [3.63, 3.8) is 0 Å². The second-order valence-electron chi connectivity index (χ2n) is 13.4. The maximum atomic E-state index is 12.8. The molecule has 264 valence electrons. The summed E-state index contributed by atoms with van der Waals surface area (Å²) in [7, 11) is 1.28. The first-order valence-electron chi connectivity index (χ1n) is 17.2. The molecule has 49 heavy (non-hydrogen) atoms. The number of carbonyl (C=O) groups excluding carboxylic acids is 3. The third kappa shape index (κ3) is 10.1. The highest BCUT2D eigenvalue weighted by Crippen LogP contribution is 2.44. The number of nitrogens with zero attached hydrogens (tertiary/aromatic N) is 2. The normalized spacial score (nSPS) is 16.8. The van der Waals surface area contributed by atoms with E-state index in [1.54, 1.807) is 4.90 Å². The quantitative estimate of drug-likeness (QED) is 0.195. The Bertz CT molecular complexity index is 1450. The van der Waals surface area contributed by atoms with Gasteiger partial charge in [0.1, 0.15) is 0 Å². The van der Waals surface area contributed by atoms with Crippen LogP contribution in [0.3, 0.4) is 0 Å². The maximum absolute atomic E-state index is 12.8. The summed E-state index contributed by atoms with van der Waals surface area (Å²) in [5.41, 5.74) is 2.54. The van der Waals surface area contributed by atoms with Gasteiger partial charge in [-0.25, -0.2) is 4.79 Å². The number of amides is 3. The lowest BCUT2D eigenvalue weighted by Gasteiger charge is -2.42. The number of ether oxygens (including phenoxy) is 1. The summed E-state index contributed by atoms with van der Waals surface area (Å²) in [4.78, 5) is 40.6. The van der Waals surface area contributed by atoms with E-state index in [0.29, 0.717) is 36.9 Å². The van der Waals surface area contributed by atoms with E-state index < -0.39 is 23.5 Å². The van der Waals surface area contributed by atoms with E-state index in [-0.39, 0.29) is 30.7 Å². The minimum Gasteiger partial charge on any atom is -0.469 e. The van der Waals surface area contributed by atoms with Crippen LogP contribution in [0.25, 0.3) is 0 Å². The first-order chi connectivity index (χ1) is 23.2. The summed E-state index contributed by atoms with van der Waals surface area (Å²) in [6.45, 7) is 3.79. The average Bonchev–Trinajstić information content (AvgIpc) is 3.12. The van der Waals surface area contributed by atoms with Crippen molar-refractivity contribution in [2.24, 2.45) is 5.92 Å². The van der Waals surface area contributed by atoms with Gasteiger partial charge in [-0.3, -0.25) is 14.9 Å². The number of rotatable bonds is 12. The molecule has 0 aromatic heterocycles. The molecule has 8 nitrogen and oxygen atoms in total. The molecule has 2 fully saturated rings. The Kier molecular flexibility index (Phi) is 14.1. The van der Waals surface area contributed by atoms with Gasteiger partial charge in [0.25, 0.3) is 0 Å². The number of halogens is 2. The molecule has 0 unspecified atom stereocenters. The molecule has 5 rings (SSSR count). The number of methoxy groups -OCH3 is 1. The van der Waals surface area contributed by atoms with E-state index in [1.165, 1.54) is 18.2 Å². The molecule has 0 spiro atoms. The molecule has 2 N–H and O–H groups in total. The van der Waals surface area contributed by atoms with E-state index in [2.05, 4.69) is 75.6 Å². The van der Waals surface area contributed by atoms with Crippen molar-refractivity contribution in [2.45, 2.75) is 68.8 Å². The zero-order valence-electron chi connectivity index (χ0n) is 28.3. The van der Waals surface area contributed by atoms with Crippen molar-refractivity contribution in [1.29, 1.82) is 0 Å². The number of esters is 1. The third-order valence-electron chi connectivity index (χ3n) is 10.4. The fourth-order valence-corrected chi connectivity index (χ4v) is 7.64. The van der Waals surface area contributed by atoms with Crippen molar-refractivity contribution in [3.05, 3.63) is 107 Å². The SMILES string of the molecule is COC(=O)CCC(=O)NC(=O)N1CCC(CC(CCCN2CCC(O)(c3ccc(Cl)cc3)CC2)(c2ccccc2)c2ccccc2)CC1.Cl. The molecule has 2 aliphatic rings. The molecule has 0 atom stereocenters. The molecule has 2 heterocycles. The first-order valence-corrected chi connectivity index (χ1v) is 17.6. The van der Waals surface area contributed by atoms with E-state index in [0.717, 1.165) is 57.3 Å². The van der Waals surface area contributed by atoms with Gasteiger partial charge in [-0.15, -0.1) is 12.4 Å². The van der Waals surface area contributed by atoms with Gasteiger partial charge in [0.15, 0.2) is 0 Å². The molecule has 10 heteroatoms. The highest BCUT2D eigenvalue weighted by molar-refractivity contribution is 6.30. The smallest absolute Gasteiger partial charge is 0.324 e. The largest absolute Gasteiger partial charge is 0.469 e. The van der Waals surface area contributed by atoms with Gasteiger partial charge >= 0.3 is 12.0 Å². The Morgan fingerprint density at radius 1 is 0.878 bits per heavy atom. The molecule has 2 aliphatic heterocycles. The van der Waals surface area contributed by atoms with E-state index in [9.17, 15) is 19.5 Å². The van der Waals surface area contributed by atoms with Crippen LogP contribution in [0.15, 0.2) is 84.9 Å². The Morgan fingerprint density at radius 3 is 2.00 bits per heavy atom. The van der Waals surface area contributed by atoms with E-state index >= 15 is 0 Å². The average molecular weight is 711 g/mol. The number of likely N-dealkylation sites (tertiary alicyclic amines) is 2. The molecule has 0 radical (unpaired) electrons. The number of aliphatic hydroxyl groups is 1. The van der Waals surface area contributed by atoms with Gasteiger partial charge in [-0.2, -0.15) is 0 Å². The van der Waals surface area contributed by atoms with Crippen LogP contribution in [0.2, 0.25) is 5.02 Å². The molecule has 3 aromatic rings. The van der Waals surface area contributed by atoms with Gasteiger partial charge in [0.05, 0.1) is 19.1 Å². The van der Waals surface area contributed by atoms with Crippen molar-refractivity contribution < 1.29 is 24.2 Å². The Morgan fingerprint density at radius 2 is 1.45 bits per heavy atom. The van der Waals surface area contributed by atoms with Crippen LogP contribution in [-0.4, -0.2) is 72.6 Å². The van der Waals surface area contributed by atoms with Crippen molar-refractivity contribution in [1.82, 2.24) is 15.1 Å². The molecular weight excluding hydrogens is 661 g/mol. The number of urea groups is 1. The number of nitrogens with one attached hydrogen (secondary N) is 1. The maximum Gasteiger partial charge on any atom is 0.324 e. The summed E-state index contributed by atoms with van der Waals surface area (Å²) in [6, 6.07) is 28.8. The fourth-order valence-electron chi connectivity index (χ4n) is 7.52. The first kappa shape index (κ1) is 38.4. The number of piperidine rings is 2. The molecule has 0 bridgehead atoms. The van der Waals surface area contributed by atoms with E-state index in [4.69, 9.17) is 11.6 Å². The summed E-state index contributed by atoms with van der Waals surface area (Å²) in [5.74, 6) is -0.548. The van der Waals surface area contributed by atoms with Gasteiger partial charge in [0.2, 0.25) is 5.91 Å². The van der Waals surface area contributed by atoms with Gasteiger partial charge in [-0.1, -0.05) is 84.4 Å². The van der Waals surface area contributed by atoms with Crippen LogP contribution in [0, 0.1) is 5.92 Å². The number of carbonyl (C=O) groups is 3. The molecule has 0 saturated carbocycles. The van der Waals surface area contributed by atoms with Gasteiger partial charge in [-0.05, 0) is 86.2 Å². The molecule has 3 aromatic carbocycles. The lowest BCUT2D eigenvalue weighted by atomic mass is 9.65. The van der Waals surface area contributed by atoms with Crippen molar-refractivity contribution >= 4 is 41.9 Å². The predicted molar refractivity (Wildman–Crippen MR) is 195 cm³/mol. The van der Waals surface area contributed by atoms with Gasteiger partial charge in [0, 0.05) is 43.0 Å². The molecular formula is C39H49Cl2N3O5. The van der Waals surface area contributed by atoms with Crippen LogP contribution in [0.5, 0.6) is 0 Å². The van der Waals surface area contributed by atoms with Crippen LogP contribution >= 0.6 is 24.0 Å². The number of benzene rings is 3. The second kappa shape index (κ2) is 18.0. The third-order valence-corrected chi connectivity index (χ3v) is 10.6. The summed E-state index contributed by atoms with van der Waals surface area (Å²) in [5, 5.41) is 14.5. The number of imide groups is 1. The highest BCUT2D eigenvalue weighted by atomic mass is 35.5. The van der Waals surface area contributed by atoms with Crippen LogP contribution < -0.4 is 5.32 Å². The second-order valence-corrected chi connectivity index (χ2v) is 13.8. The number of hydrogen-bond acceptors (Lipinski definition) is 6. The van der Waals surface area contributed by atoms with Gasteiger partial charge < -0.3 is 19.6 Å². The van der Waals surface area contributed by atoms with Crippen LogP contribution in [-0.2, 0) is 25.3 Å². The van der Waals surface area contributed by atoms with Crippen LogP contribution in [0.4, 0.5) is 4.79 Å². The van der Waals surface area contributed by atoms with E-state index in [1.807, 2.05) is 24.3 Å². The summed E-state index contributed by atoms with van der Waals surface area (Å²) < 4.78 is 4.59. The summed E-state index contributed by atoms with van der Waals surface area (Å²) >= 11 is 6.09. The lowest BCUT2D eigenvalue weighted by molar-refractivity contribution is -0.142. The minimum absolute atomic E-state index is 0. The molecule has 2 saturated heterocycles. The number of hydrogen-bond donors (Lipinski definition) is 2.